The molecule has 1 heterocycles. The monoisotopic (exact) mass is 154 g/mol. The SMILES string of the molecule is CC[C@@H](N)c1cncc(F)c1. The highest BCUT2D eigenvalue weighted by Crippen LogP contribution is 2.12. The number of nitrogens with two attached hydrogens (primary N) is 1. The second kappa shape index (κ2) is 3.44. The molecule has 60 valence electrons. The van der Waals surface area contributed by atoms with Crippen LogP contribution < -0.4 is 5.73 Å². The fourth-order valence-corrected chi connectivity index (χ4v) is 0.867. The second-order valence-corrected chi connectivity index (χ2v) is 2.45. The van der Waals surface area contributed by atoms with Gasteiger partial charge in [0.1, 0.15) is 5.82 Å². The van der Waals surface area contributed by atoms with Crippen LogP contribution in [0.5, 0.6) is 0 Å². The van der Waals surface area contributed by atoms with Crippen molar-refractivity contribution in [3.05, 3.63) is 29.8 Å². The molecule has 0 aliphatic heterocycles. The molecule has 1 aromatic rings. The number of nitrogens with zero attached hydrogens (tertiary/aromatic N) is 1. The van der Waals surface area contributed by atoms with Gasteiger partial charge in [0.25, 0.3) is 0 Å². The Morgan fingerprint density at radius 3 is 2.91 bits per heavy atom. The molecule has 1 rings (SSSR count). The Hall–Kier alpha value is -0.960. The van der Waals surface area contributed by atoms with Crippen molar-refractivity contribution in [3.8, 4) is 0 Å². The Balaban J connectivity index is 2.86. The van der Waals surface area contributed by atoms with E-state index < -0.39 is 0 Å². The Kier molecular flexibility index (Phi) is 2.54. The van der Waals surface area contributed by atoms with Crippen molar-refractivity contribution < 1.29 is 4.39 Å². The first kappa shape index (κ1) is 8.14. The summed E-state index contributed by atoms with van der Waals surface area (Å²) < 4.78 is 12.5. The van der Waals surface area contributed by atoms with E-state index in [1.54, 1.807) is 6.20 Å². The lowest BCUT2D eigenvalue weighted by atomic mass is 10.1. The van der Waals surface area contributed by atoms with Gasteiger partial charge in [-0.05, 0) is 18.1 Å². The van der Waals surface area contributed by atoms with Crippen LogP contribution in [0, 0.1) is 5.82 Å². The van der Waals surface area contributed by atoms with E-state index in [0.717, 1.165) is 12.0 Å². The molecule has 1 atom stereocenters. The van der Waals surface area contributed by atoms with E-state index in [9.17, 15) is 4.39 Å². The molecule has 0 radical (unpaired) electrons. The van der Waals surface area contributed by atoms with Gasteiger partial charge in [0.15, 0.2) is 0 Å². The summed E-state index contributed by atoms with van der Waals surface area (Å²) in [5.74, 6) is -0.327. The minimum Gasteiger partial charge on any atom is -0.324 e. The van der Waals surface area contributed by atoms with E-state index in [2.05, 4.69) is 4.98 Å². The molecule has 0 unspecified atom stereocenters. The Labute approximate surface area is 65.3 Å². The van der Waals surface area contributed by atoms with Gasteiger partial charge in [-0.3, -0.25) is 4.98 Å². The van der Waals surface area contributed by atoms with Crippen molar-refractivity contribution in [3.63, 3.8) is 0 Å². The smallest absolute Gasteiger partial charge is 0.141 e. The van der Waals surface area contributed by atoms with Gasteiger partial charge in [-0.2, -0.15) is 0 Å². The van der Waals surface area contributed by atoms with E-state index in [4.69, 9.17) is 5.73 Å². The zero-order valence-electron chi connectivity index (χ0n) is 6.42. The molecule has 2 N–H and O–H groups in total. The topological polar surface area (TPSA) is 38.9 Å². The first-order chi connectivity index (χ1) is 5.24. The number of hydrogen-bond donors (Lipinski definition) is 1. The molecule has 0 saturated carbocycles. The highest BCUT2D eigenvalue weighted by Gasteiger charge is 2.03. The highest BCUT2D eigenvalue weighted by molar-refractivity contribution is 5.13. The molecule has 0 fully saturated rings. The van der Waals surface area contributed by atoms with Crippen LogP contribution in [0.15, 0.2) is 18.5 Å². The Bertz CT molecular complexity index is 237. The van der Waals surface area contributed by atoms with Crippen LogP contribution in [-0.4, -0.2) is 4.98 Å². The lowest BCUT2D eigenvalue weighted by Gasteiger charge is -2.07. The van der Waals surface area contributed by atoms with E-state index in [1.807, 2.05) is 6.92 Å². The van der Waals surface area contributed by atoms with Crippen molar-refractivity contribution >= 4 is 0 Å². The van der Waals surface area contributed by atoms with Crippen LogP contribution in [-0.2, 0) is 0 Å². The van der Waals surface area contributed by atoms with Gasteiger partial charge in [-0.15, -0.1) is 0 Å². The first-order valence-electron chi connectivity index (χ1n) is 3.60. The number of hydrogen-bond acceptors (Lipinski definition) is 2. The third-order valence-electron chi connectivity index (χ3n) is 1.59. The normalized spacial score (nSPS) is 13.0. The van der Waals surface area contributed by atoms with E-state index in [1.165, 1.54) is 12.3 Å². The van der Waals surface area contributed by atoms with Crippen molar-refractivity contribution in [1.29, 1.82) is 0 Å². The lowest BCUT2D eigenvalue weighted by molar-refractivity contribution is 0.608. The number of aromatic nitrogens is 1. The highest BCUT2D eigenvalue weighted by atomic mass is 19.1. The molecule has 0 bridgehead atoms. The fourth-order valence-electron chi connectivity index (χ4n) is 0.867. The average molecular weight is 154 g/mol. The van der Waals surface area contributed by atoms with Gasteiger partial charge >= 0.3 is 0 Å². The van der Waals surface area contributed by atoms with Gasteiger partial charge in [0.2, 0.25) is 0 Å². The summed E-state index contributed by atoms with van der Waals surface area (Å²) in [5, 5.41) is 0. The van der Waals surface area contributed by atoms with Crippen molar-refractivity contribution in [1.82, 2.24) is 4.98 Å². The fraction of sp³-hybridized carbons (Fsp3) is 0.375. The summed E-state index contributed by atoms with van der Waals surface area (Å²) in [7, 11) is 0. The summed E-state index contributed by atoms with van der Waals surface area (Å²) in [4.78, 5) is 3.70. The van der Waals surface area contributed by atoms with E-state index >= 15 is 0 Å². The summed E-state index contributed by atoms with van der Waals surface area (Å²) >= 11 is 0. The third kappa shape index (κ3) is 1.98. The standard InChI is InChI=1S/C8H11FN2/c1-2-8(10)6-3-7(9)5-11-4-6/h3-5,8H,2,10H2,1H3/t8-/m1/s1. The maximum Gasteiger partial charge on any atom is 0.141 e. The molecule has 11 heavy (non-hydrogen) atoms. The Morgan fingerprint density at radius 1 is 1.64 bits per heavy atom. The van der Waals surface area contributed by atoms with E-state index in [0.29, 0.717) is 0 Å². The number of pyridine rings is 1. The van der Waals surface area contributed by atoms with Gasteiger partial charge in [-0.25, -0.2) is 4.39 Å². The molecule has 0 saturated heterocycles. The van der Waals surface area contributed by atoms with Gasteiger partial charge < -0.3 is 5.73 Å². The van der Waals surface area contributed by atoms with Crippen molar-refractivity contribution in [2.45, 2.75) is 19.4 Å². The largest absolute Gasteiger partial charge is 0.324 e. The van der Waals surface area contributed by atoms with Gasteiger partial charge in [0, 0.05) is 12.2 Å². The second-order valence-electron chi connectivity index (χ2n) is 2.45. The van der Waals surface area contributed by atoms with Crippen LogP contribution in [0.2, 0.25) is 0 Å². The summed E-state index contributed by atoms with van der Waals surface area (Å²) in [6.45, 7) is 1.95. The van der Waals surface area contributed by atoms with Crippen molar-refractivity contribution in [2.24, 2.45) is 5.73 Å². The minimum absolute atomic E-state index is 0.0989. The summed E-state index contributed by atoms with van der Waals surface area (Å²) in [6.07, 6.45) is 3.56. The maximum atomic E-state index is 12.5. The maximum absolute atomic E-state index is 12.5. The predicted octanol–water partition coefficient (Wildman–Crippen LogP) is 1.63. The van der Waals surface area contributed by atoms with Crippen LogP contribution in [0.3, 0.4) is 0 Å². The molecule has 1 aromatic heterocycles. The van der Waals surface area contributed by atoms with Gasteiger partial charge in [-0.1, -0.05) is 6.92 Å². The molecular weight excluding hydrogens is 143 g/mol. The molecular formula is C8H11FN2. The summed E-state index contributed by atoms with van der Waals surface area (Å²) in [5.41, 5.74) is 6.41. The molecule has 0 aliphatic rings. The molecule has 0 aromatic carbocycles. The zero-order chi connectivity index (χ0) is 8.27. The molecule has 3 heteroatoms. The lowest BCUT2D eigenvalue weighted by Crippen LogP contribution is -2.08. The van der Waals surface area contributed by atoms with E-state index in [-0.39, 0.29) is 11.9 Å². The third-order valence-corrected chi connectivity index (χ3v) is 1.59. The zero-order valence-corrected chi connectivity index (χ0v) is 6.42. The van der Waals surface area contributed by atoms with Crippen LogP contribution >= 0.6 is 0 Å². The predicted molar refractivity (Wildman–Crippen MR) is 41.4 cm³/mol. The van der Waals surface area contributed by atoms with Gasteiger partial charge in [0.05, 0.1) is 6.20 Å². The molecule has 0 amide bonds. The molecule has 2 nitrogen and oxygen atoms in total. The number of halogens is 1. The molecule has 0 aliphatic carbocycles. The van der Waals surface area contributed by atoms with Crippen LogP contribution in [0.25, 0.3) is 0 Å². The van der Waals surface area contributed by atoms with Crippen LogP contribution in [0.1, 0.15) is 24.9 Å². The number of rotatable bonds is 2. The average Bonchev–Trinajstić information content (AvgIpc) is 2.03. The molecule has 0 spiro atoms. The minimum atomic E-state index is -0.327. The van der Waals surface area contributed by atoms with Crippen LogP contribution in [0.4, 0.5) is 4.39 Å². The van der Waals surface area contributed by atoms with Crippen molar-refractivity contribution in [2.75, 3.05) is 0 Å². The first-order valence-corrected chi connectivity index (χ1v) is 3.60. The summed E-state index contributed by atoms with van der Waals surface area (Å²) in [6, 6.07) is 1.32. The Morgan fingerprint density at radius 2 is 2.36 bits per heavy atom. The quantitative estimate of drug-likeness (QED) is 0.703.